The lowest BCUT2D eigenvalue weighted by molar-refractivity contribution is -0.385. The molecule has 3 aromatic rings. The van der Waals surface area contributed by atoms with Gasteiger partial charge in [0, 0.05) is 49.5 Å². The zero-order chi connectivity index (χ0) is 49.2. The Morgan fingerprint density at radius 1 is 1.00 bits per heavy atom. The third kappa shape index (κ3) is 12.1. The van der Waals surface area contributed by atoms with Gasteiger partial charge in [0.15, 0.2) is 33.3 Å². The van der Waals surface area contributed by atoms with Gasteiger partial charge >= 0.3 is 0 Å². The van der Waals surface area contributed by atoms with E-state index in [4.69, 9.17) is 39.1 Å². The summed E-state index contributed by atoms with van der Waals surface area (Å²) in [5.74, 6) is -2.92. The van der Waals surface area contributed by atoms with Gasteiger partial charge in [0.2, 0.25) is 5.91 Å². The molecule has 0 saturated heterocycles. The summed E-state index contributed by atoms with van der Waals surface area (Å²) in [6, 6.07) is 11.1. The summed E-state index contributed by atoms with van der Waals surface area (Å²) in [6.45, 7) is 8.19. The summed E-state index contributed by atoms with van der Waals surface area (Å²) in [5, 5.41) is 11.2. The Balaban J connectivity index is 0.000000218. The van der Waals surface area contributed by atoms with Crippen LogP contribution in [0.25, 0.3) is 0 Å². The van der Waals surface area contributed by atoms with Crippen molar-refractivity contribution in [1.29, 1.82) is 0 Å². The van der Waals surface area contributed by atoms with Crippen molar-refractivity contribution in [1.82, 2.24) is 0 Å². The molecule has 352 valence electrons. The van der Waals surface area contributed by atoms with Crippen LogP contribution in [0.3, 0.4) is 0 Å². The van der Waals surface area contributed by atoms with E-state index >= 15 is 0 Å². The Labute approximate surface area is 392 Å². The third-order valence-corrected chi connectivity index (χ3v) is 12.6. The monoisotopic (exact) mass is 969 g/mol. The first-order chi connectivity index (χ1) is 31.1. The van der Waals surface area contributed by atoms with Gasteiger partial charge in [0.1, 0.15) is 23.4 Å². The van der Waals surface area contributed by atoms with Crippen LogP contribution in [0.5, 0.6) is 5.75 Å². The molecule has 0 N–H and O–H groups in total. The fourth-order valence-corrected chi connectivity index (χ4v) is 8.70. The lowest BCUT2D eigenvalue weighted by Crippen LogP contribution is -2.43. The second-order valence-corrected chi connectivity index (χ2v) is 18.4. The molecule has 3 aliphatic rings. The summed E-state index contributed by atoms with van der Waals surface area (Å²) in [5.41, 5.74) is 2.85. The molecular formula is C47H50Cl2FN3O12S. The van der Waals surface area contributed by atoms with Gasteiger partial charge < -0.3 is 14.4 Å². The van der Waals surface area contributed by atoms with Gasteiger partial charge in [-0.1, -0.05) is 42.6 Å². The quantitative estimate of drug-likeness (QED) is 0.0305. The molecule has 0 aromatic heterocycles. The smallest absolute Gasteiger partial charge is 0.281 e. The van der Waals surface area contributed by atoms with Crippen LogP contribution in [-0.2, 0) is 45.0 Å². The zero-order valence-corrected chi connectivity index (χ0v) is 39.6. The van der Waals surface area contributed by atoms with Crippen molar-refractivity contribution in [3.63, 3.8) is 0 Å². The fourth-order valence-electron chi connectivity index (χ4n) is 7.74. The number of nitro benzene ring substituents is 1. The molecule has 1 aliphatic heterocycles. The molecule has 0 bridgehead atoms. The van der Waals surface area contributed by atoms with E-state index in [9.17, 15) is 51.7 Å². The number of hydrogen-bond donors (Lipinski definition) is 0. The molecular weight excluding hydrogens is 920 g/mol. The van der Waals surface area contributed by atoms with E-state index in [0.717, 1.165) is 71.5 Å². The van der Waals surface area contributed by atoms with Crippen LogP contribution in [-0.4, -0.2) is 86.4 Å². The number of methoxy groups -OCH3 is 1. The van der Waals surface area contributed by atoms with E-state index < -0.39 is 73.0 Å². The number of carbonyl (C=O) groups excluding carboxylic acids is 6. The number of aryl methyl sites for hydroxylation is 2. The van der Waals surface area contributed by atoms with Crippen molar-refractivity contribution in [2.75, 3.05) is 35.7 Å². The highest BCUT2D eigenvalue weighted by molar-refractivity contribution is 7.90. The normalized spacial score (nSPS) is 16.0. The van der Waals surface area contributed by atoms with Crippen LogP contribution in [0.4, 0.5) is 21.5 Å². The van der Waals surface area contributed by atoms with Gasteiger partial charge in [0.05, 0.1) is 44.4 Å². The summed E-state index contributed by atoms with van der Waals surface area (Å²) < 4.78 is 48.0. The van der Waals surface area contributed by atoms with Crippen LogP contribution in [0.2, 0.25) is 5.02 Å². The molecule has 2 unspecified atom stereocenters. The number of Topliss-reactive ketones (excluding diaryl/α,β-unsaturated/α-hetero) is 3. The predicted octanol–water partition coefficient (Wildman–Crippen LogP) is 7.91. The van der Waals surface area contributed by atoms with Gasteiger partial charge in [-0.3, -0.25) is 38.9 Å². The number of hydrogen-bond acceptors (Lipinski definition) is 12. The average Bonchev–Trinajstić information content (AvgIpc) is 3.53. The number of halogens is 3. The van der Waals surface area contributed by atoms with Crippen molar-refractivity contribution in [2.45, 2.75) is 96.1 Å². The van der Waals surface area contributed by atoms with Crippen molar-refractivity contribution >= 4 is 85.2 Å². The number of sulfone groups is 1. The minimum Gasteiger partial charge on any atom is -0.476 e. The minimum absolute atomic E-state index is 0.0223. The van der Waals surface area contributed by atoms with E-state index in [-0.39, 0.29) is 52.0 Å². The molecule has 15 nitrogen and oxygen atoms in total. The topological polar surface area (TPSA) is 205 Å². The van der Waals surface area contributed by atoms with Crippen molar-refractivity contribution < 1.29 is 56.0 Å². The maximum absolute atomic E-state index is 14.4. The van der Waals surface area contributed by atoms with Crippen molar-refractivity contribution in [2.24, 2.45) is 5.92 Å². The van der Waals surface area contributed by atoms with E-state index in [1.807, 2.05) is 26.0 Å². The molecule has 1 saturated carbocycles. The highest BCUT2D eigenvalue weighted by atomic mass is 35.5. The number of alkyl halides is 1. The number of terminal acetylenes is 1. The molecule has 0 radical (unpaired) electrons. The Bertz CT molecular complexity index is 2580. The molecule has 6 rings (SSSR count). The molecule has 3 amide bonds. The number of ether oxygens (including phenoxy) is 2. The number of carbonyl (C=O) groups is 6. The first kappa shape index (κ1) is 52.8. The lowest BCUT2D eigenvalue weighted by atomic mass is 9.81. The predicted molar refractivity (Wildman–Crippen MR) is 246 cm³/mol. The van der Waals surface area contributed by atoms with E-state index in [1.54, 1.807) is 18.9 Å². The van der Waals surface area contributed by atoms with Crippen LogP contribution in [0.15, 0.2) is 64.6 Å². The number of benzene rings is 3. The van der Waals surface area contributed by atoms with Crippen molar-refractivity contribution in [3.8, 4) is 18.1 Å². The lowest BCUT2D eigenvalue weighted by Gasteiger charge is -2.31. The highest BCUT2D eigenvalue weighted by Gasteiger charge is 2.42. The number of para-hydroxylation sites is 1. The van der Waals surface area contributed by atoms with Crippen LogP contribution in [0.1, 0.15) is 87.2 Å². The van der Waals surface area contributed by atoms with Gasteiger partial charge in [-0.05, 0) is 88.6 Å². The Kier molecular flexibility index (Phi) is 18.5. The molecule has 3 aromatic carbocycles. The average molecular weight is 971 g/mol. The van der Waals surface area contributed by atoms with Crippen molar-refractivity contribution in [3.05, 3.63) is 97.3 Å². The number of amides is 3. The molecule has 19 heteroatoms. The van der Waals surface area contributed by atoms with E-state index in [2.05, 4.69) is 18.9 Å². The number of imide groups is 1. The highest BCUT2D eigenvalue weighted by Crippen LogP contribution is 2.40. The van der Waals surface area contributed by atoms with E-state index in [0.29, 0.717) is 37.0 Å². The summed E-state index contributed by atoms with van der Waals surface area (Å²) in [6.07, 6.45) is 9.72. The Morgan fingerprint density at radius 2 is 1.61 bits per heavy atom. The van der Waals surface area contributed by atoms with Gasteiger partial charge in [-0.2, -0.15) is 0 Å². The summed E-state index contributed by atoms with van der Waals surface area (Å²) in [7, 11) is -2.06. The number of nitro groups is 1. The minimum atomic E-state index is -3.70. The standard InChI is InChI=1S/C18H15ClFNO3.C15H22ClNO2.C14H13NO7S/c1-3-10(2)24-16-9-15(14(20)8-13(16)19)21-17(22)11-6-4-5-7-12(11)18(21)23;1-5-13-8-6-7-11(2)15(13)17(14(18)9-16)12(3)10-19-4;1-23(21,22)8-5-6-9(10(7-8)15(19)20)14(18)13-11(16)3-2-4-12(13)17/h1,8-10H,4-7H2,2H3;6-8,12H,5,9-10H2,1-4H3;5-7,13H,2-4H2,1H3. The number of anilines is 2. The first-order valence-electron chi connectivity index (χ1n) is 20.9. The first-order valence-corrected chi connectivity index (χ1v) is 23.7. The molecule has 1 heterocycles. The molecule has 66 heavy (non-hydrogen) atoms. The van der Waals surface area contributed by atoms with Gasteiger partial charge in [0.25, 0.3) is 17.5 Å². The van der Waals surface area contributed by atoms with E-state index in [1.165, 1.54) is 6.07 Å². The Morgan fingerprint density at radius 3 is 2.12 bits per heavy atom. The molecule has 0 spiro atoms. The van der Waals surface area contributed by atoms with Crippen LogP contribution < -0.4 is 14.5 Å². The zero-order valence-electron chi connectivity index (χ0n) is 37.3. The van der Waals surface area contributed by atoms with Gasteiger partial charge in [-0.15, -0.1) is 18.0 Å². The maximum atomic E-state index is 14.4. The molecule has 1 fully saturated rings. The van der Waals surface area contributed by atoms with Gasteiger partial charge in [-0.25, -0.2) is 17.7 Å². The number of ketones is 3. The van der Waals surface area contributed by atoms with Crippen LogP contribution >= 0.6 is 23.2 Å². The molecule has 2 atom stereocenters. The Hall–Kier alpha value is -5.80. The number of nitrogens with zero attached hydrogens (tertiary/aromatic N) is 3. The summed E-state index contributed by atoms with van der Waals surface area (Å²) in [4.78, 5) is 85.9. The summed E-state index contributed by atoms with van der Waals surface area (Å²) >= 11 is 11.7. The molecule has 2 aliphatic carbocycles. The SMILES string of the molecule is C#CC(C)Oc1cc(N2C(=O)C3=C(CCCC3)C2=O)c(F)cc1Cl.CCc1cccc(C)c1N(C(=O)CCl)C(C)COC.CS(=O)(=O)c1ccc(C(=O)C2C(=O)CCCC2=O)c([N+](=O)[O-])c1. The second kappa shape index (κ2) is 23.1. The third-order valence-electron chi connectivity index (χ3n) is 11.0. The maximum Gasteiger partial charge on any atom is 0.281 e. The fraction of sp³-hybridized carbons (Fsp3) is 0.404. The second-order valence-electron chi connectivity index (χ2n) is 15.7. The van der Waals surface area contributed by atoms with Crippen LogP contribution in [0, 0.1) is 41.1 Å². The largest absolute Gasteiger partial charge is 0.476 e. The number of rotatable bonds is 13.